The van der Waals surface area contributed by atoms with Gasteiger partial charge in [0.15, 0.2) is 6.23 Å². The molecule has 0 spiro atoms. The minimum absolute atomic E-state index is 0.0602. The summed E-state index contributed by atoms with van der Waals surface area (Å²) in [6.07, 6.45) is 0.107. The molecule has 74 valence electrons. The molecule has 0 aliphatic carbocycles. The highest BCUT2D eigenvalue weighted by Crippen LogP contribution is 2.30. The lowest BCUT2D eigenvalue weighted by molar-refractivity contribution is 0.0178. The first-order valence-electron chi connectivity index (χ1n) is 4.83. The summed E-state index contributed by atoms with van der Waals surface area (Å²) >= 11 is 0. The highest BCUT2D eigenvalue weighted by Gasteiger charge is 2.33. The maximum atomic E-state index is 11.8. The maximum Gasteiger partial charge on any atom is 0.256 e. The molecule has 1 aromatic rings. The lowest BCUT2D eigenvalue weighted by Gasteiger charge is -2.19. The van der Waals surface area contributed by atoms with Crippen molar-refractivity contribution >= 4 is 5.91 Å². The van der Waals surface area contributed by atoms with Gasteiger partial charge in [0, 0.05) is 17.7 Å². The molecule has 0 aromatic heterocycles. The molecule has 0 bridgehead atoms. The molecule has 0 fully saturated rings. The van der Waals surface area contributed by atoms with Crippen LogP contribution in [0.3, 0.4) is 0 Å². The van der Waals surface area contributed by atoms with E-state index in [-0.39, 0.29) is 5.91 Å². The third-order valence-electron chi connectivity index (χ3n) is 2.49. The van der Waals surface area contributed by atoms with Crippen LogP contribution in [0, 0.1) is 0 Å². The van der Waals surface area contributed by atoms with Crippen molar-refractivity contribution in [2.24, 2.45) is 0 Å². The number of aliphatic hydroxyl groups is 1. The Kier molecular flexibility index (Phi) is 2.25. The molecule has 0 saturated carbocycles. The van der Waals surface area contributed by atoms with Crippen molar-refractivity contribution in [3.8, 4) is 0 Å². The molecule has 1 aliphatic rings. The van der Waals surface area contributed by atoms with Gasteiger partial charge in [0.05, 0.1) is 0 Å². The second-order valence-corrected chi connectivity index (χ2v) is 3.46. The Morgan fingerprint density at radius 1 is 1.43 bits per heavy atom. The fourth-order valence-electron chi connectivity index (χ4n) is 1.82. The number of carbonyl (C=O) groups is 1. The van der Waals surface area contributed by atoms with Gasteiger partial charge >= 0.3 is 0 Å². The van der Waals surface area contributed by atoms with Crippen molar-refractivity contribution in [1.82, 2.24) is 4.90 Å². The van der Waals surface area contributed by atoms with Gasteiger partial charge in [-0.05, 0) is 12.5 Å². The number of hydrogen-bond donors (Lipinski definition) is 1. The molecule has 0 saturated heterocycles. The van der Waals surface area contributed by atoms with Crippen LogP contribution >= 0.6 is 0 Å². The number of hydrogen-bond acceptors (Lipinski definition) is 2. The second-order valence-electron chi connectivity index (χ2n) is 3.46. The van der Waals surface area contributed by atoms with Gasteiger partial charge < -0.3 is 10.0 Å². The molecule has 1 N–H and O–H groups in total. The standard InChI is InChI=1S/C11H13NO2/c1-2-7-12-10(13)8-5-3-4-6-9(8)11(12)14/h3-6,10,13H,2,7H2,1H3/t10-/m1/s1. The van der Waals surface area contributed by atoms with Crippen molar-refractivity contribution in [3.63, 3.8) is 0 Å². The first-order chi connectivity index (χ1) is 6.75. The van der Waals surface area contributed by atoms with Crippen LogP contribution in [0.5, 0.6) is 0 Å². The van der Waals surface area contributed by atoms with Crippen LogP contribution in [0.25, 0.3) is 0 Å². The van der Waals surface area contributed by atoms with Gasteiger partial charge in [-0.3, -0.25) is 4.79 Å². The number of nitrogens with zero attached hydrogens (tertiary/aromatic N) is 1. The van der Waals surface area contributed by atoms with E-state index >= 15 is 0 Å². The lowest BCUT2D eigenvalue weighted by atomic mass is 10.1. The number of aliphatic hydroxyl groups excluding tert-OH is 1. The highest BCUT2D eigenvalue weighted by molar-refractivity contribution is 5.98. The zero-order chi connectivity index (χ0) is 10.1. The summed E-state index contributed by atoms with van der Waals surface area (Å²) in [5.41, 5.74) is 1.36. The Morgan fingerprint density at radius 2 is 2.14 bits per heavy atom. The fraction of sp³-hybridized carbons (Fsp3) is 0.364. The Hall–Kier alpha value is -1.35. The van der Waals surface area contributed by atoms with E-state index in [1.165, 1.54) is 4.90 Å². The molecule has 1 aromatic carbocycles. The first-order valence-corrected chi connectivity index (χ1v) is 4.83. The first kappa shape index (κ1) is 9.21. The molecular formula is C11H13NO2. The SMILES string of the molecule is CCCN1C(=O)c2ccccc2[C@H]1O. The van der Waals surface area contributed by atoms with Crippen molar-refractivity contribution < 1.29 is 9.90 Å². The van der Waals surface area contributed by atoms with Gasteiger partial charge in [-0.25, -0.2) is 0 Å². The normalized spacial score (nSPS) is 20.0. The van der Waals surface area contributed by atoms with Crippen LogP contribution in [0.4, 0.5) is 0 Å². The molecule has 1 amide bonds. The Morgan fingerprint density at radius 3 is 2.79 bits per heavy atom. The molecule has 14 heavy (non-hydrogen) atoms. The average molecular weight is 191 g/mol. The smallest absolute Gasteiger partial charge is 0.256 e. The summed E-state index contributed by atoms with van der Waals surface area (Å²) in [5.74, 6) is -0.0602. The van der Waals surface area contributed by atoms with Gasteiger partial charge in [-0.1, -0.05) is 25.1 Å². The average Bonchev–Trinajstić information content (AvgIpc) is 2.45. The van der Waals surface area contributed by atoms with Crippen LogP contribution in [0.15, 0.2) is 24.3 Å². The number of rotatable bonds is 2. The summed E-state index contributed by atoms with van der Waals surface area (Å²) in [5, 5.41) is 9.85. The van der Waals surface area contributed by atoms with Crippen LogP contribution in [0.2, 0.25) is 0 Å². The zero-order valence-electron chi connectivity index (χ0n) is 8.10. The molecule has 1 heterocycles. The largest absolute Gasteiger partial charge is 0.369 e. The third-order valence-corrected chi connectivity index (χ3v) is 2.49. The van der Waals surface area contributed by atoms with Crippen LogP contribution in [0.1, 0.15) is 35.5 Å². The minimum atomic E-state index is -0.751. The number of fused-ring (bicyclic) bond motifs is 1. The maximum absolute atomic E-state index is 11.8. The zero-order valence-corrected chi connectivity index (χ0v) is 8.10. The van der Waals surface area contributed by atoms with E-state index in [4.69, 9.17) is 0 Å². The lowest BCUT2D eigenvalue weighted by Crippen LogP contribution is -2.28. The molecule has 0 radical (unpaired) electrons. The highest BCUT2D eigenvalue weighted by atomic mass is 16.3. The monoisotopic (exact) mass is 191 g/mol. The number of carbonyl (C=O) groups excluding carboxylic acids is 1. The molecule has 1 aliphatic heterocycles. The van der Waals surface area contributed by atoms with Crippen LogP contribution in [-0.2, 0) is 0 Å². The van der Waals surface area contributed by atoms with Gasteiger partial charge in [0.1, 0.15) is 0 Å². The molecule has 1 atom stereocenters. The number of benzene rings is 1. The van der Waals surface area contributed by atoms with Crippen molar-refractivity contribution in [2.45, 2.75) is 19.6 Å². The minimum Gasteiger partial charge on any atom is -0.369 e. The van der Waals surface area contributed by atoms with E-state index in [1.54, 1.807) is 12.1 Å². The van der Waals surface area contributed by atoms with Crippen LogP contribution < -0.4 is 0 Å². The van der Waals surface area contributed by atoms with E-state index in [9.17, 15) is 9.90 Å². The van der Waals surface area contributed by atoms with Crippen LogP contribution in [-0.4, -0.2) is 22.5 Å². The van der Waals surface area contributed by atoms with Gasteiger partial charge in [-0.2, -0.15) is 0 Å². The van der Waals surface area contributed by atoms with Crippen molar-refractivity contribution in [1.29, 1.82) is 0 Å². The predicted octanol–water partition coefficient (Wildman–Crippen LogP) is 1.54. The molecule has 3 nitrogen and oxygen atoms in total. The third kappa shape index (κ3) is 1.21. The topological polar surface area (TPSA) is 40.5 Å². The Balaban J connectivity index is 2.38. The summed E-state index contributed by atoms with van der Waals surface area (Å²) in [6.45, 7) is 2.59. The summed E-state index contributed by atoms with van der Waals surface area (Å²) in [7, 11) is 0. The van der Waals surface area contributed by atoms with Gasteiger partial charge in [0.2, 0.25) is 0 Å². The number of amides is 1. The van der Waals surface area contributed by atoms with E-state index in [0.717, 1.165) is 12.0 Å². The Bertz CT molecular complexity index is 362. The summed E-state index contributed by atoms with van der Waals surface area (Å²) in [6, 6.07) is 7.22. The van der Waals surface area contributed by atoms with Crippen molar-refractivity contribution in [2.75, 3.05) is 6.54 Å². The van der Waals surface area contributed by atoms with E-state index in [0.29, 0.717) is 12.1 Å². The summed E-state index contributed by atoms with van der Waals surface area (Å²) in [4.78, 5) is 13.3. The van der Waals surface area contributed by atoms with E-state index in [2.05, 4.69) is 0 Å². The van der Waals surface area contributed by atoms with E-state index in [1.807, 2.05) is 19.1 Å². The van der Waals surface area contributed by atoms with Crippen molar-refractivity contribution in [3.05, 3.63) is 35.4 Å². The molecule has 0 unspecified atom stereocenters. The Labute approximate surface area is 83.0 Å². The van der Waals surface area contributed by atoms with E-state index < -0.39 is 6.23 Å². The molecular weight excluding hydrogens is 178 g/mol. The summed E-state index contributed by atoms with van der Waals surface area (Å²) < 4.78 is 0. The molecule has 2 rings (SSSR count). The van der Waals surface area contributed by atoms with Gasteiger partial charge in [-0.15, -0.1) is 0 Å². The quantitative estimate of drug-likeness (QED) is 0.770. The second kappa shape index (κ2) is 3.42. The molecule has 3 heteroatoms. The predicted molar refractivity (Wildman–Crippen MR) is 52.7 cm³/mol. The fourth-order valence-corrected chi connectivity index (χ4v) is 1.82. The van der Waals surface area contributed by atoms with Gasteiger partial charge in [0.25, 0.3) is 5.91 Å².